The van der Waals surface area contributed by atoms with Crippen molar-refractivity contribution in [2.45, 2.75) is 79.2 Å². The van der Waals surface area contributed by atoms with Crippen molar-refractivity contribution < 1.29 is 28.6 Å². The maximum absolute atomic E-state index is 13.9. The lowest BCUT2D eigenvalue weighted by molar-refractivity contribution is -0.161. The molecule has 0 fully saturated rings. The summed E-state index contributed by atoms with van der Waals surface area (Å²) in [5, 5.41) is 2.96. The molecular formula is C35H51N3O6. The number of nitrogens with one attached hydrogen (secondary N) is 1. The number of benzene rings is 2. The Labute approximate surface area is 263 Å². The van der Waals surface area contributed by atoms with Gasteiger partial charge in [-0.25, -0.2) is 4.79 Å². The highest BCUT2D eigenvalue weighted by Crippen LogP contribution is 2.45. The topological polar surface area (TPSA) is 97.4 Å². The molecule has 2 aromatic rings. The van der Waals surface area contributed by atoms with Gasteiger partial charge in [0, 0.05) is 50.9 Å². The SMILES string of the molecule is CCOC(CN(CC(C)CC)C(=O)C(CC(C)C)NC(=O)CCN(C)C(=O)OC1c2ccccc2-c2ccccc21)OCC. The van der Waals surface area contributed by atoms with E-state index in [4.69, 9.17) is 14.2 Å². The molecule has 2 unspecified atom stereocenters. The van der Waals surface area contributed by atoms with Gasteiger partial charge in [-0.3, -0.25) is 9.59 Å². The standard InChI is InChI=1S/C35H51N3O6/c1-8-25(6)22-38(23-32(42-9-2)43-10-3)34(40)30(21-24(4)5)36-31(39)19-20-37(7)35(41)44-33-28-17-13-11-15-26(28)27-16-12-14-18-29(27)33/h11-18,24-25,30,32-33H,8-10,19-23H2,1-7H3,(H,36,39). The van der Waals surface area contributed by atoms with Crippen molar-refractivity contribution >= 4 is 17.9 Å². The summed E-state index contributed by atoms with van der Waals surface area (Å²) < 4.78 is 17.4. The number of hydrogen-bond acceptors (Lipinski definition) is 6. The van der Waals surface area contributed by atoms with Crippen LogP contribution in [0.5, 0.6) is 0 Å². The molecule has 242 valence electrons. The van der Waals surface area contributed by atoms with Gasteiger partial charge in [-0.15, -0.1) is 0 Å². The molecule has 0 spiro atoms. The summed E-state index contributed by atoms with van der Waals surface area (Å²) >= 11 is 0. The predicted octanol–water partition coefficient (Wildman–Crippen LogP) is 6.02. The van der Waals surface area contributed by atoms with Gasteiger partial charge in [-0.1, -0.05) is 82.6 Å². The van der Waals surface area contributed by atoms with Crippen LogP contribution in [-0.4, -0.2) is 79.9 Å². The number of hydrogen-bond donors (Lipinski definition) is 1. The molecule has 0 aliphatic heterocycles. The molecule has 0 radical (unpaired) electrons. The minimum Gasteiger partial charge on any atom is -0.436 e. The Kier molecular flexibility index (Phi) is 13.7. The normalized spacial score (nSPS) is 13.8. The van der Waals surface area contributed by atoms with Crippen LogP contribution in [0.2, 0.25) is 0 Å². The highest BCUT2D eigenvalue weighted by molar-refractivity contribution is 5.88. The lowest BCUT2D eigenvalue weighted by Crippen LogP contribution is -2.52. The highest BCUT2D eigenvalue weighted by Gasteiger charge is 2.33. The smallest absolute Gasteiger partial charge is 0.410 e. The lowest BCUT2D eigenvalue weighted by Gasteiger charge is -2.33. The number of ether oxygens (including phenoxy) is 3. The third kappa shape index (κ3) is 9.53. The van der Waals surface area contributed by atoms with E-state index in [0.717, 1.165) is 28.7 Å². The Morgan fingerprint density at radius 1 is 0.864 bits per heavy atom. The monoisotopic (exact) mass is 609 g/mol. The molecule has 2 atom stereocenters. The van der Waals surface area contributed by atoms with E-state index in [1.807, 2.05) is 76.2 Å². The largest absolute Gasteiger partial charge is 0.436 e. The van der Waals surface area contributed by atoms with E-state index < -0.39 is 24.5 Å². The molecule has 44 heavy (non-hydrogen) atoms. The van der Waals surface area contributed by atoms with Gasteiger partial charge in [-0.05, 0) is 43.2 Å². The number of rotatable bonds is 17. The fourth-order valence-corrected chi connectivity index (χ4v) is 5.43. The first-order valence-electron chi connectivity index (χ1n) is 16.0. The maximum Gasteiger partial charge on any atom is 0.410 e. The molecule has 0 bridgehead atoms. The maximum atomic E-state index is 13.9. The molecule has 2 aromatic carbocycles. The molecule has 9 heteroatoms. The van der Waals surface area contributed by atoms with Crippen LogP contribution in [0.15, 0.2) is 48.5 Å². The van der Waals surface area contributed by atoms with E-state index >= 15 is 0 Å². The van der Waals surface area contributed by atoms with Crippen molar-refractivity contribution in [3.63, 3.8) is 0 Å². The van der Waals surface area contributed by atoms with Crippen molar-refractivity contribution in [1.29, 1.82) is 0 Å². The molecule has 1 aliphatic rings. The van der Waals surface area contributed by atoms with Gasteiger partial charge in [0.2, 0.25) is 11.8 Å². The van der Waals surface area contributed by atoms with Crippen LogP contribution in [-0.2, 0) is 23.8 Å². The molecule has 1 aliphatic carbocycles. The van der Waals surface area contributed by atoms with Crippen LogP contribution in [0.1, 0.15) is 78.0 Å². The molecule has 0 saturated carbocycles. The summed E-state index contributed by atoms with van der Waals surface area (Å²) in [7, 11) is 1.62. The quantitative estimate of drug-likeness (QED) is 0.220. The average Bonchev–Trinajstić information content (AvgIpc) is 3.32. The summed E-state index contributed by atoms with van der Waals surface area (Å²) in [5.41, 5.74) is 4.00. The van der Waals surface area contributed by atoms with Gasteiger partial charge in [0.05, 0.1) is 6.54 Å². The minimum atomic E-state index is -0.695. The van der Waals surface area contributed by atoms with Crippen LogP contribution >= 0.6 is 0 Å². The Balaban J connectivity index is 1.63. The first-order chi connectivity index (χ1) is 21.1. The van der Waals surface area contributed by atoms with Crippen LogP contribution in [0.4, 0.5) is 4.79 Å². The second-order valence-electron chi connectivity index (χ2n) is 12.0. The van der Waals surface area contributed by atoms with Gasteiger partial charge < -0.3 is 29.3 Å². The van der Waals surface area contributed by atoms with Gasteiger partial charge in [0.1, 0.15) is 6.04 Å². The van der Waals surface area contributed by atoms with E-state index in [0.29, 0.717) is 26.2 Å². The number of carbonyl (C=O) groups is 3. The second-order valence-corrected chi connectivity index (χ2v) is 12.0. The van der Waals surface area contributed by atoms with Crippen molar-refractivity contribution in [2.75, 3.05) is 39.9 Å². The van der Waals surface area contributed by atoms with Crippen LogP contribution in [0, 0.1) is 11.8 Å². The number of fused-ring (bicyclic) bond motifs is 3. The third-order valence-corrected chi connectivity index (χ3v) is 7.94. The fraction of sp³-hybridized carbons (Fsp3) is 0.571. The molecule has 9 nitrogen and oxygen atoms in total. The Bertz CT molecular complexity index is 1180. The molecule has 3 rings (SSSR count). The summed E-state index contributed by atoms with van der Waals surface area (Å²) in [5.74, 6) is 0.00811. The zero-order valence-corrected chi connectivity index (χ0v) is 27.5. The van der Waals surface area contributed by atoms with E-state index in [-0.39, 0.29) is 43.2 Å². The summed E-state index contributed by atoms with van der Waals surface area (Å²) in [6.07, 6.45) is -0.105. The van der Waals surface area contributed by atoms with E-state index in [1.165, 1.54) is 4.90 Å². The van der Waals surface area contributed by atoms with Crippen LogP contribution in [0.3, 0.4) is 0 Å². The van der Waals surface area contributed by atoms with Crippen molar-refractivity contribution in [3.8, 4) is 11.1 Å². The van der Waals surface area contributed by atoms with Gasteiger partial charge in [0.15, 0.2) is 12.4 Å². The summed E-state index contributed by atoms with van der Waals surface area (Å²) in [4.78, 5) is 43.3. The minimum absolute atomic E-state index is 0.0389. The summed E-state index contributed by atoms with van der Waals surface area (Å²) in [6.45, 7) is 14.0. The van der Waals surface area contributed by atoms with E-state index in [2.05, 4.69) is 19.2 Å². The molecule has 3 amide bonds. The Hall–Kier alpha value is -3.43. The van der Waals surface area contributed by atoms with E-state index in [1.54, 1.807) is 11.9 Å². The lowest BCUT2D eigenvalue weighted by atomic mass is 10.0. The Morgan fingerprint density at radius 2 is 1.43 bits per heavy atom. The van der Waals surface area contributed by atoms with Crippen LogP contribution < -0.4 is 5.32 Å². The summed E-state index contributed by atoms with van der Waals surface area (Å²) in [6, 6.07) is 15.1. The first kappa shape index (κ1) is 35.1. The van der Waals surface area contributed by atoms with E-state index in [9.17, 15) is 14.4 Å². The second kappa shape index (κ2) is 17.2. The predicted molar refractivity (Wildman–Crippen MR) is 172 cm³/mol. The highest BCUT2D eigenvalue weighted by atomic mass is 16.7. The number of nitrogens with zero attached hydrogens (tertiary/aromatic N) is 2. The van der Waals surface area contributed by atoms with Crippen molar-refractivity contribution in [1.82, 2.24) is 15.1 Å². The van der Waals surface area contributed by atoms with Crippen molar-refractivity contribution in [3.05, 3.63) is 59.7 Å². The molecule has 0 aromatic heterocycles. The Morgan fingerprint density at radius 3 is 1.95 bits per heavy atom. The molecule has 0 heterocycles. The number of amides is 3. The number of carbonyl (C=O) groups excluding carboxylic acids is 3. The van der Waals surface area contributed by atoms with Gasteiger partial charge in [-0.2, -0.15) is 0 Å². The zero-order valence-electron chi connectivity index (χ0n) is 27.5. The zero-order chi connectivity index (χ0) is 32.2. The first-order valence-corrected chi connectivity index (χ1v) is 16.0. The van der Waals surface area contributed by atoms with Gasteiger partial charge in [0.25, 0.3) is 0 Å². The average molecular weight is 610 g/mol. The third-order valence-electron chi connectivity index (χ3n) is 7.94. The molecular weight excluding hydrogens is 558 g/mol. The van der Waals surface area contributed by atoms with Gasteiger partial charge >= 0.3 is 6.09 Å². The van der Waals surface area contributed by atoms with Crippen molar-refractivity contribution in [2.24, 2.45) is 11.8 Å². The fourth-order valence-electron chi connectivity index (χ4n) is 5.43. The van der Waals surface area contributed by atoms with Crippen LogP contribution in [0.25, 0.3) is 11.1 Å². The molecule has 1 N–H and O–H groups in total. The molecule has 0 saturated heterocycles.